The monoisotopic (exact) mass is 390 g/mol. The largest absolute Gasteiger partial charge is 0.493 e. The molecule has 0 spiro atoms. The van der Waals surface area contributed by atoms with Gasteiger partial charge in [0.15, 0.2) is 11.5 Å². The molecule has 0 bridgehead atoms. The first kappa shape index (κ1) is 19.9. The van der Waals surface area contributed by atoms with Gasteiger partial charge in [-0.3, -0.25) is 4.79 Å². The van der Waals surface area contributed by atoms with E-state index in [2.05, 4.69) is 10.5 Å². The summed E-state index contributed by atoms with van der Waals surface area (Å²) in [6, 6.07) is 20.8. The van der Waals surface area contributed by atoms with Crippen molar-refractivity contribution < 1.29 is 19.0 Å². The number of ether oxygens (including phenoxy) is 3. The molecule has 0 saturated heterocycles. The number of hydrogen-bond donors (Lipinski definition) is 1. The third kappa shape index (κ3) is 4.55. The van der Waals surface area contributed by atoms with E-state index in [1.54, 1.807) is 31.4 Å². The normalized spacial score (nSPS) is 10.6. The summed E-state index contributed by atoms with van der Waals surface area (Å²) < 4.78 is 16.0. The SMILES string of the molecule is COc1ccc(/C=N\NC(=O)c2ccc(-c3ccccc3)cc2)c(OC)c1OC. The van der Waals surface area contributed by atoms with E-state index in [4.69, 9.17) is 14.2 Å². The Balaban J connectivity index is 1.71. The zero-order valence-electron chi connectivity index (χ0n) is 16.5. The summed E-state index contributed by atoms with van der Waals surface area (Å²) in [5.41, 5.74) is 5.82. The second kappa shape index (κ2) is 9.41. The maximum atomic E-state index is 12.4. The number of amides is 1. The van der Waals surface area contributed by atoms with E-state index in [1.165, 1.54) is 20.4 Å². The summed E-state index contributed by atoms with van der Waals surface area (Å²) in [7, 11) is 4.61. The molecular formula is C23H22N2O4. The van der Waals surface area contributed by atoms with Gasteiger partial charge in [0.2, 0.25) is 5.75 Å². The van der Waals surface area contributed by atoms with Crippen molar-refractivity contribution in [3.05, 3.63) is 77.9 Å². The zero-order chi connectivity index (χ0) is 20.6. The zero-order valence-corrected chi connectivity index (χ0v) is 16.5. The van der Waals surface area contributed by atoms with Gasteiger partial charge >= 0.3 is 0 Å². The van der Waals surface area contributed by atoms with Crippen molar-refractivity contribution in [3.8, 4) is 28.4 Å². The summed E-state index contributed by atoms with van der Waals surface area (Å²) >= 11 is 0. The molecular weight excluding hydrogens is 368 g/mol. The minimum atomic E-state index is -0.305. The fourth-order valence-electron chi connectivity index (χ4n) is 2.90. The predicted molar refractivity (Wildman–Crippen MR) is 113 cm³/mol. The smallest absolute Gasteiger partial charge is 0.271 e. The first-order chi connectivity index (χ1) is 14.2. The fourth-order valence-corrected chi connectivity index (χ4v) is 2.90. The highest BCUT2D eigenvalue weighted by molar-refractivity contribution is 5.95. The molecule has 0 aliphatic heterocycles. The minimum Gasteiger partial charge on any atom is -0.493 e. The summed E-state index contributed by atoms with van der Waals surface area (Å²) in [5.74, 6) is 1.17. The molecule has 0 heterocycles. The topological polar surface area (TPSA) is 69.2 Å². The molecule has 0 aliphatic carbocycles. The number of hydrazone groups is 1. The van der Waals surface area contributed by atoms with Crippen molar-refractivity contribution >= 4 is 12.1 Å². The van der Waals surface area contributed by atoms with Gasteiger partial charge in [0.05, 0.1) is 27.5 Å². The van der Waals surface area contributed by atoms with Gasteiger partial charge in [0.1, 0.15) is 0 Å². The van der Waals surface area contributed by atoms with E-state index in [0.29, 0.717) is 28.4 Å². The van der Waals surface area contributed by atoms with Gasteiger partial charge in [-0.2, -0.15) is 5.10 Å². The van der Waals surface area contributed by atoms with Crippen LogP contribution in [0.4, 0.5) is 0 Å². The highest BCUT2D eigenvalue weighted by Crippen LogP contribution is 2.38. The van der Waals surface area contributed by atoms with Crippen molar-refractivity contribution in [2.24, 2.45) is 5.10 Å². The molecule has 0 aliphatic rings. The second-order valence-electron chi connectivity index (χ2n) is 6.07. The number of nitrogens with zero attached hydrogens (tertiary/aromatic N) is 1. The molecule has 1 amide bonds. The minimum absolute atomic E-state index is 0.305. The van der Waals surface area contributed by atoms with Gasteiger partial charge in [-0.05, 0) is 35.4 Å². The van der Waals surface area contributed by atoms with E-state index >= 15 is 0 Å². The molecule has 6 nitrogen and oxygen atoms in total. The van der Waals surface area contributed by atoms with Crippen molar-refractivity contribution in [2.45, 2.75) is 0 Å². The van der Waals surface area contributed by atoms with E-state index in [-0.39, 0.29) is 5.91 Å². The van der Waals surface area contributed by atoms with Crippen LogP contribution in [0.25, 0.3) is 11.1 Å². The van der Waals surface area contributed by atoms with Crippen LogP contribution in [0.2, 0.25) is 0 Å². The first-order valence-electron chi connectivity index (χ1n) is 8.95. The molecule has 0 saturated carbocycles. The molecule has 3 rings (SSSR count). The average molecular weight is 390 g/mol. The lowest BCUT2D eigenvalue weighted by Gasteiger charge is -2.13. The summed E-state index contributed by atoms with van der Waals surface area (Å²) in [6.07, 6.45) is 1.50. The molecule has 29 heavy (non-hydrogen) atoms. The molecule has 3 aromatic rings. The van der Waals surface area contributed by atoms with Crippen molar-refractivity contribution in [3.63, 3.8) is 0 Å². The van der Waals surface area contributed by atoms with Crippen molar-refractivity contribution in [2.75, 3.05) is 21.3 Å². The van der Waals surface area contributed by atoms with Crippen LogP contribution in [0.1, 0.15) is 15.9 Å². The maximum Gasteiger partial charge on any atom is 0.271 e. The molecule has 0 atom stereocenters. The Bertz CT molecular complexity index is 999. The Hall–Kier alpha value is -3.80. The van der Waals surface area contributed by atoms with Gasteiger partial charge in [-0.25, -0.2) is 5.43 Å². The number of methoxy groups -OCH3 is 3. The van der Waals surface area contributed by atoms with Crippen LogP contribution in [0, 0.1) is 0 Å². The van der Waals surface area contributed by atoms with Gasteiger partial charge in [0.25, 0.3) is 5.91 Å². The number of hydrogen-bond acceptors (Lipinski definition) is 5. The van der Waals surface area contributed by atoms with Crippen molar-refractivity contribution in [1.29, 1.82) is 0 Å². The molecule has 0 radical (unpaired) electrons. The fraction of sp³-hybridized carbons (Fsp3) is 0.130. The van der Waals surface area contributed by atoms with E-state index in [1.807, 2.05) is 42.5 Å². The van der Waals surface area contributed by atoms with Gasteiger partial charge < -0.3 is 14.2 Å². The standard InChI is InChI=1S/C23H22N2O4/c1-27-20-14-13-19(21(28-2)22(20)29-3)15-24-25-23(26)18-11-9-17(10-12-18)16-7-5-4-6-8-16/h4-15H,1-3H3,(H,25,26)/b24-15-. The summed E-state index contributed by atoms with van der Waals surface area (Å²) in [5, 5.41) is 4.04. The van der Waals surface area contributed by atoms with Crippen LogP contribution in [0.15, 0.2) is 71.8 Å². The Kier molecular flexibility index (Phi) is 6.47. The van der Waals surface area contributed by atoms with Crippen LogP contribution in [0.3, 0.4) is 0 Å². The number of benzene rings is 3. The molecule has 3 aromatic carbocycles. The lowest BCUT2D eigenvalue weighted by atomic mass is 10.0. The van der Waals surface area contributed by atoms with Gasteiger partial charge in [-0.15, -0.1) is 0 Å². The molecule has 0 fully saturated rings. The number of nitrogens with one attached hydrogen (secondary N) is 1. The van der Waals surface area contributed by atoms with Gasteiger partial charge in [-0.1, -0.05) is 42.5 Å². The lowest BCUT2D eigenvalue weighted by Crippen LogP contribution is -2.17. The Labute approximate surface area is 169 Å². The molecule has 0 unspecified atom stereocenters. The molecule has 6 heteroatoms. The lowest BCUT2D eigenvalue weighted by molar-refractivity contribution is 0.0955. The van der Waals surface area contributed by atoms with Crippen LogP contribution in [-0.4, -0.2) is 33.5 Å². The van der Waals surface area contributed by atoms with Crippen LogP contribution in [-0.2, 0) is 0 Å². The van der Waals surface area contributed by atoms with Crippen LogP contribution < -0.4 is 19.6 Å². The Morgan fingerprint density at radius 2 is 1.45 bits per heavy atom. The number of rotatable bonds is 7. The van der Waals surface area contributed by atoms with Crippen LogP contribution in [0.5, 0.6) is 17.2 Å². The third-order valence-electron chi connectivity index (χ3n) is 4.36. The average Bonchev–Trinajstić information content (AvgIpc) is 2.79. The maximum absolute atomic E-state index is 12.4. The molecule has 0 aromatic heterocycles. The van der Waals surface area contributed by atoms with E-state index in [0.717, 1.165) is 11.1 Å². The number of carbonyl (C=O) groups excluding carboxylic acids is 1. The summed E-state index contributed by atoms with van der Waals surface area (Å²) in [4.78, 5) is 12.4. The predicted octanol–water partition coefficient (Wildman–Crippen LogP) is 4.14. The van der Waals surface area contributed by atoms with Gasteiger partial charge in [0, 0.05) is 11.1 Å². The molecule has 1 N–H and O–H groups in total. The van der Waals surface area contributed by atoms with E-state index < -0.39 is 0 Å². The second-order valence-corrected chi connectivity index (χ2v) is 6.07. The highest BCUT2D eigenvalue weighted by Gasteiger charge is 2.14. The first-order valence-corrected chi connectivity index (χ1v) is 8.95. The Morgan fingerprint density at radius 3 is 2.07 bits per heavy atom. The quantitative estimate of drug-likeness (QED) is 0.486. The van der Waals surface area contributed by atoms with Crippen molar-refractivity contribution in [1.82, 2.24) is 5.43 Å². The highest BCUT2D eigenvalue weighted by atomic mass is 16.5. The summed E-state index contributed by atoms with van der Waals surface area (Å²) in [6.45, 7) is 0. The third-order valence-corrected chi connectivity index (χ3v) is 4.36. The number of carbonyl (C=O) groups is 1. The Morgan fingerprint density at radius 1 is 0.793 bits per heavy atom. The van der Waals surface area contributed by atoms with E-state index in [9.17, 15) is 4.79 Å². The van der Waals surface area contributed by atoms with Crippen LogP contribution >= 0.6 is 0 Å². The molecule has 148 valence electrons.